The lowest BCUT2D eigenvalue weighted by Crippen LogP contribution is -2.14. The molecule has 0 heterocycles. The minimum atomic E-state index is -0.788. The highest BCUT2D eigenvalue weighted by atomic mass is 19.1. The van der Waals surface area contributed by atoms with E-state index < -0.39 is 23.3 Å². The van der Waals surface area contributed by atoms with E-state index in [4.69, 9.17) is 6.57 Å². The Morgan fingerprint density at radius 1 is 0.386 bits per heavy atom. The number of fused-ring (bicyclic) bond motifs is 2. The molecule has 0 radical (unpaired) electrons. The molecule has 12 aromatic carbocycles. The zero-order valence-corrected chi connectivity index (χ0v) is 36.9. The molecule has 0 aliphatic rings. The maximum atomic E-state index is 16.7. The monoisotopic (exact) mass is 910 g/mol. The summed E-state index contributed by atoms with van der Waals surface area (Å²) in [7, 11) is 0. The van der Waals surface area contributed by atoms with E-state index in [9.17, 15) is 5.26 Å². The van der Waals surface area contributed by atoms with Crippen LogP contribution in [0.2, 0.25) is 0 Å². The average molecular weight is 911 g/mol. The molecule has 8 heteroatoms. The smallest absolute Gasteiger partial charge is 0.187 e. The van der Waals surface area contributed by atoms with Crippen LogP contribution >= 0.6 is 0 Å². The van der Waals surface area contributed by atoms with E-state index in [0.29, 0.717) is 45.1 Å². The van der Waals surface area contributed by atoms with Crippen molar-refractivity contribution in [1.29, 1.82) is 5.26 Å². The predicted molar refractivity (Wildman–Crippen MR) is 276 cm³/mol. The van der Waals surface area contributed by atoms with Gasteiger partial charge in [0.2, 0.25) is 0 Å². The van der Waals surface area contributed by atoms with E-state index in [-0.39, 0.29) is 22.5 Å². The number of hydrogen-bond acceptors (Lipinski definition) is 3. The molecular weight excluding hydrogens is 877 g/mol. The standard InChI is InChI=1S/C62H34F4N4/c1-68-46-20-24-48(25-21-46)70(60-33-52(54(64)35-56(60)66)45-15-13-39-7-3-5-9-43(39)31-45)58-29-19-41-16-26-49-57(28-18-40-17-27-50(58)62(41)61(40)49)69(47-22-10-37(36-67)11-23-47)59-32-51(53(63)34-55(59)65)44-14-12-38-6-2-4-8-42(38)30-44/h2-35H. The molecular formula is C62H34F4N4. The molecule has 0 spiro atoms. The van der Waals surface area contributed by atoms with Gasteiger partial charge in [0.25, 0.3) is 0 Å². The van der Waals surface area contributed by atoms with Gasteiger partial charge in [0, 0.05) is 45.4 Å². The summed E-state index contributed by atoms with van der Waals surface area (Å²) in [5, 5.41) is 18.5. The molecule has 330 valence electrons. The van der Waals surface area contributed by atoms with Gasteiger partial charge < -0.3 is 9.80 Å². The molecule has 0 saturated carbocycles. The van der Waals surface area contributed by atoms with Gasteiger partial charge in [-0.1, -0.05) is 121 Å². The zero-order chi connectivity index (χ0) is 47.6. The third-order valence-electron chi connectivity index (χ3n) is 13.3. The van der Waals surface area contributed by atoms with E-state index in [1.54, 1.807) is 58.3 Å². The molecule has 0 unspecified atom stereocenters. The van der Waals surface area contributed by atoms with Gasteiger partial charge in [-0.25, -0.2) is 22.4 Å². The highest BCUT2D eigenvalue weighted by Crippen LogP contribution is 2.49. The third-order valence-corrected chi connectivity index (χ3v) is 13.3. The molecule has 12 rings (SSSR count). The Morgan fingerprint density at radius 2 is 0.800 bits per heavy atom. The van der Waals surface area contributed by atoms with Crippen molar-refractivity contribution in [2.45, 2.75) is 0 Å². The van der Waals surface area contributed by atoms with Gasteiger partial charge in [0.1, 0.15) is 23.3 Å². The minimum absolute atomic E-state index is 0.0908. The molecule has 12 aromatic rings. The Kier molecular flexibility index (Phi) is 9.98. The second-order valence-corrected chi connectivity index (χ2v) is 17.2. The van der Waals surface area contributed by atoms with Gasteiger partial charge in [-0.3, -0.25) is 0 Å². The zero-order valence-electron chi connectivity index (χ0n) is 36.9. The van der Waals surface area contributed by atoms with Crippen LogP contribution in [0.25, 0.3) is 81.0 Å². The van der Waals surface area contributed by atoms with Crippen molar-refractivity contribution in [2.75, 3.05) is 9.80 Å². The molecule has 0 aromatic heterocycles. The Balaban J connectivity index is 1.08. The van der Waals surface area contributed by atoms with Gasteiger partial charge >= 0.3 is 0 Å². The van der Waals surface area contributed by atoms with Gasteiger partial charge in [-0.05, 0) is 127 Å². The minimum Gasteiger partial charge on any atom is -0.307 e. The Labute approximate surface area is 399 Å². The largest absolute Gasteiger partial charge is 0.307 e. The Morgan fingerprint density at radius 3 is 1.24 bits per heavy atom. The highest BCUT2D eigenvalue weighted by molar-refractivity contribution is 6.28. The number of nitriles is 1. The van der Waals surface area contributed by atoms with E-state index in [2.05, 4.69) is 10.9 Å². The van der Waals surface area contributed by atoms with Crippen molar-refractivity contribution in [3.8, 4) is 28.3 Å². The van der Waals surface area contributed by atoms with Crippen LogP contribution in [0.1, 0.15) is 5.56 Å². The molecule has 0 aliphatic heterocycles. The maximum absolute atomic E-state index is 16.7. The lowest BCUT2D eigenvalue weighted by Gasteiger charge is -2.30. The molecule has 0 N–H and O–H groups in total. The summed E-state index contributed by atoms with van der Waals surface area (Å²) in [6, 6.07) is 63.2. The normalized spacial score (nSPS) is 11.4. The van der Waals surface area contributed by atoms with Crippen LogP contribution in [-0.4, -0.2) is 0 Å². The first-order valence-corrected chi connectivity index (χ1v) is 22.5. The Hall–Kier alpha value is -9.50. The number of hydrogen-bond donors (Lipinski definition) is 0. The summed E-state index contributed by atoms with van der Waals surface area (Å²) in [6.45, 7) is 7.65. The molecule has 0 atom stereocenters. The van der Waals surface area contributed by atoms with E-state index >= 15 is 17.6 Å². The first-order valence-electron chi connectivity index (χ1n) is 22.5. The third kappa shape index (κ3) is 6.98. The van der Waals surface area contributed by atoms with Crippen molar-refractivity contribution in [3.05, 3.63) is 247 Å². The fourth-order valence-corrected chi connectivity index (χ4v) is 9.91. The van der Waals surface area contributed by atoms with Crippen LogP contribution in [0, 0.1) is 41.2 Å². The lowest BCUT2D eigenvalue weighted by atomic mass is 9.91. The highest BCUT2D eigenvalue weighted by Gasteiger charge is 2.26. The molecule has 70 heavy (non-hydrogen) atoms. The van der Waals surface area contributed by atoms with Crippen LogP contribution in [-0.2, 0) is 0 Å². The summed E-state index contributed by atoms with van der Waals surface area (Å²) in [4.78, 5) is 7.10. The number of rotatable bonds is 8. The first kappa shape index (κ1) is 41.9. The molecule has 0 aliphatic carbocycles. The van der Waals surface area contributed by atoms with Crippen molar-refractivity contribution in [1.82, 2.24) is 0 Å². The fraction of sp³-hybridized carbons (Fsp3) is 0. The quantitative estimate of drug-likeness (QED) is 0.0865. The van der Waals surface area contributed by atoms with Crippen LogP contribution in [0.3, 0.4) is 0 Å². The van der Waals surface area contributed by atoms with Gasteiger partial charge in [-0.15, -0.1) is 0 Å². The van der Waals surface area contributed by atoms with E-state index in [1.807, 2.05) is 133 Å². The summed E-state index contributed by atoms with van der Waals surface area (Å²) >= 11 is 0. The molecule has 4 nitrogen and oxygen atoms in total. The number of anilines is 6. The van der Waals surface area contributed by atoms with Crippen LogP contribution in [0.5, 0.6) is 0 Å². The summed E-state index contributed by atoms with van der Waals surface area (Å²) in [5.74, 6) is -3.00. The van der Waals surface area contributed by atoms with Gasteiger partial charge in [-0.2, -0.15) is 5.26 Å². The lowest BCUT2D eigenvalue weighted by molar-refractivity contribution is 0.586. The van der Waals surface area contributed by atoms with Crippen LogP contribution < -0.4 is 9.80 Å². The van der Waals surface area contributed by atoms with E-state index in [0.717, 1.165) is 66.0 Å². The summed E-state index contributed by atoms with van der Waals surface area (Å²) in [6.07, 6.45) is 0. The van der Waals surface area contributed by atoms with Crippen LogP contribution in [0.15, 0.2) is 206 Å². The SMILES string of the molecule is [C-]#[N+]c1ccc(N(c2cc(-c3ccc4ccccc4c3)c(F)cc2F)c2ccc3ccc4c(N(c5ccc(C#N)cc5)c5cc(-c6ccc7ccccc7c6)c(F)cc5F)ccc5ccc2c3c54)cc1. The van der Waals surface area contributed by atoms with Gasteiger partial charge in [0.05, 0.1) is 41.0 Å². The van der Waals surface area contributed by atoms with Gasteiger partial charge in [0.15, 0.2) is 5.69 Å². The maximum Gasteiger partial charge on any atom is 0.187 e. The molecule has 0 fully saturated rings. The first-order chi connectivity index (χ1) is 34.2. The predicted octanol–water partition coefficient (Wildman–Crippen LogP) is 18.1. The summed E-state index contributed by atoms with van der Waals surface area (Å²) < 4.78 is 65.6. The fourth-order valence-electron chi connectivity index (χ4n) is 9.91. The second-order valence-electron chi connectivity index (χ2n) is 17.2. The molecule has 0 saturated heterocycles. The summed E-state index contributed by atoms with van der Waals surface area (Å²) in [5.41, 5.74) is 4.84. The molecule has 0 amide bonds. The number of benzene rings is 12. The van der Waals surface area contributed by atoms with E-state index in [1.165, 1.54) is 12.1 Å². The van der Waals surface area contributed by atoms with Crippen molar-refractivity contribution >= 4 is 93.7 Å². The van der Waals surface area contributed by atoms with Crippen LogP contribution in [0.4, 0.5) is 57.4 Å². The average Bonchev–Trinajstić information content (AvgIpc) is 3.40. The number of nitrogens with zero attached hydrogens (tertiary/aromatic N) is 4. The van der Waals surface area contributed by atoms with Crippen molar-refractivity contribution in [2.24, 2.45) is 0 Å². The topological polar surface area (TPSA) is 34.6 Å². The number of halogens is 4. The Bertz CT molecular complexity index is 3880. The van der Waals surface area contributed by atoms with Crippen molar-refractivity contribution in [3.63, 3.8) is 0 Å². The van der Waals surface area contributed by atoms with Crippen molar-refractivity contribution < 1.29 is 17.6 Å². The second kappa shape index (κ2) is 16.7. The molecule has 0 bridgehead atoms.